The molecule has 0 radical (unpaired) electrons. The fourth-order valence-electron chi connectivity index (χ4n) is 3.02. The van der Waals surface area contributed by atoms with Crippen LogP contribution in [0.1, 0.15) is 28.8 Å². The highest BCUT2D eigenvalue weighted by atomic mass is 16.3. The molecule has 3 aromatic rings. The largest absolute Gasteiger partial charge is 0.464 e. The van der Waals surface area contributed by atoms with Crippen molar-refractivity contribution in [2.45, 2.75) is 18.7 Å². The fourth-order valence-corrected chi connectivity index (χ4v) is 3.02. The number of benzene rings is 2. The number of fused-ring (bicyclic) bond motifs is 2. The molecule has 100 valence electrons. The van der Waals surface area contributed by atoms with Crippen LogP contribution >= 0.6 is 0 Å². The van der Waals surface area contributed by atoms with Gasteiger partial charge in [-0.15, -0.1) is 0 Å². The Morgan fingerprint density at radius 3 is 2.85 bits per heavy atom. The van der Waals surface area contributed by atoms with Crippen molar-refractivity contribution in [3.05, 3.63) is 71.5 Å². The van der Waals surface area contributed by atoms with Gasteiger partial charge in [-0.2, -0.15) is 0 Å². The van der Waals surface area contributed by atoms with Crippen molar-refractivity contribution in [3.63, 3.8) is 0 Å². The van der Waals surface area contributed by atoms with Gasteiger partial charge < -0.3 is 14.8 Å². The van der Waals surface area contributed by atoms with Crippen LogP contribution in [0.3, 0.4) is 0 Å². The zero-order chi connectivity index (χ0) is 13.5. The second-order valence-corrected chi connectivity index (χ2v) is 5.19. The molecule has 4 rings (SSSR count). The van der Waals surface area contributed by atoms with Crippen LogP contribution in [0.15, 0.2) is 59.2 Å². The second-order valence-electron chi connectivity index (χ2n) is 5.19. The number of aliphatic hydroxyl groups excluding tert-OH is 1. The Morgan fingerprint density at radius 1 is 1.10 bits per heavy atom. The minimum absolute atomic E-state index is 0.0767. The summed E-state index contributed by atoms with van der Waals surface area (Å²) in [5.74, 6) is 0. The number of nitrogens with one attached hydrogen (secondary N) is 1. The molecule has 2 atom stereocenters. The topological polar surface area (TPSA) is 45.4 Å². The van der Waals surface area contributed by atoms with Gasteiger partial charge in [-0.05, 0) is 17.2 Å². The summed E-state index contributed by atoms with van der Waals surface area (Å²) in [7, 11) is 0. The average Bonchev–Trinajstić information content (AvgIpc) is 3.11. The molecule has 3 heteroatoms. The van der Waals surface area contributed by atoms with Crippen LogP contribution in [-0.2, 0) is 6.54 Å². The highest BCUT2D eigenvalue weighted by Gasteiger charge is 2.30. The van der Waals surface area contributed by atoms with Crippen LogP contribution in [0, 0.1) is 0 Å². The maximum Gasteiger partial charge on any atom is 0.134 e. The molecule has 2 unspecified atom stereocenters. The van der Waals surface area contributed by atoms with E-state index in [9.17, 15) is 5.11 Å². The number of furan rings is 1. The van der Waals surface area contributed by atoms with Gasteiger partial charge in [-0.25, -0.2) is 0 Å². The predicted molar refractivity (Wildman–Crippen MR) is 77.2 cm³/mol. The van der Waals surface area contributed by atoms with Gasteiger partial charge in [0.25, 0.3) is 0 Å². The maximum absolute atomic E-state index is 10.7. The lowest BCUT2D eigenvalue weighted by Crippen LogP contribution is -2.20. The number of hydrogen-bond acceptors (Lipinski definition) is 3. The molecule has 2 N–H and O–H groups in total. The monoisotopic (exact) mass is 265 g/mol. The first-order chi connectivity index (χ1) is 9.84. The molecule has 1 aliphatic rings. The van der Waals surface area contributed by atoms with Crippen molar-refractivity contribution in [2.24, 2.45) is 0 Å². The van der Waals surface area contributed by atoms with Crippen LogP contribution in [-0.4, -0.2) is 5.11 Å². The number of hydrogen-bond donors (Lipinski definition) is 2. The van der Waals surface area contributed by atoms with Gasteiger partial charge in [0.2, 0.25) is 0 Å². The Balaban J connectivity index is 1.77. The molecule has 0 saturated heterocycles. The molecular formula is C17H15NO2. The lowest BCUT2D eigenvalue weighted by atomic mass is 9.96. The van der Waals surface area contributed by atoms with Crippen molar-refractivity contribution in [1.29, 1.82) is 0 Å². The molecule has 3 nitrogen and oxygen atoms in total. The van der Waals surface area contributed by atoms with E-state index < -0.39 is 6.10 Å². The summed E-state index contributed by atoms with van der Waals surface area (Å²) < 4.78 is 5.53. The Labute approximate surface area is 116 Å². The molecule has 0 bridgehead atoms. The van der Waals surface area contributed by atoms with Crippen molar-refractivity contribution < 1.29 is 9.52 Å². The van der Waals surface area contributed by atoms with Crippen molar-refractivity contribution >= 4 is 11.0 Å². The van der Waals surface area contributed by atoms with Gasteiger partial charge in [-0.1, -0.05) is 42.5 Å². The molecule has 0 fully saturated rings. The SMILES string of the molecule is OC(c1coc2ccccc12)C1NCc2ccccc21. The summed E-state index contributed by atoms with van der Waals surface area (Å²) in [6.07, 6.45) is 1.06. The summed E-state index contributed by atoms with van der Waals surface area (Å²) >= 11 is 0. The summed E-state index contributed by atoms with van der Waals surface area (Å²) in [4.78, 5) is 0. The van der Waals surface area contributed by atoms with Crippen LogP contribution in [0.25, 0.3) is 11.0 Å². The van der Waals surface area contributed by atoms with E-state index >= 15 is 0 Å². The van der Waals surface area contributed by atoms with Crippen LogP contribution < -0.4 is 5.32 Å². The van der Waals surface area contributed by atoms with Gasteiger partial charge in [0.15, 0.2) is 0 Å². The number of para-hydroxylation sites is 1. The van der Waals surface area contributed by atoms with Gasteiger partial charge in [-0.3, -0.25) is 0 Å². The zero-order valence-corrected chi connectivity index (χ0v) is 10.9. The predicted octanol–water partition coefficient (Wildman–Crippen LogP) is 3.31. The van der Waals surface area contributed by atoms with E-state index in [-0.39, 0.29) is 6.04 Å². The normalized spacial score (nSPS) is 19.1. The molecule has 0 amide bonds. The molecular weight excluding hydrogens is 250 g/mol. The van der Waals surface area contributed by atoms with E-state index in [1.54, 1.807) is 6.26 Å². The third-order valence-electron chi connectivity index (χ3n) is 4.05. The van der Waals surface area contributed by atoms with E-state index in [1.165, 1.54) is 11.1 Å². The summed E-state index contributed by atoms with van der Waals surface area (Å²) in [5, 5.41) is 15.1. The van der Waals surface area contributed by atoms with Crippen LogP contribution in [0.5, 0.6) is 0 Å². The highest BCUT2D eigenvalue weighted by molar-refractivity contribution is 5.81. The van der Waals surface area contributed by atoms with Crippen LogP contribution in [0.2, 0.25) is 0 Å². The quantitative estimate of drug-likeness (QED) is 0.747. The molecule has 1 aromatic heterocycles. The minimum Gasteiger partial charge on any atom is -0.464 e. The van der Waals surface area contributed by atoms with Crippen LogP contribution in [0.4, 0.5) is 0 Å². The first-order valence-corrected chi connectivity index (χ1v) is 6.80. The van der Waals surface area contributed by atoms with E-state index in [0.717, 1.165) is 23.1 Å². The molecule has 0 spiro atoms. The van der Waals surface area contributed by atoms with Crippen molar-refractivity contribution in [1.82, 2.24) is 5.32 Å². The Morgan fingerprint density at radius 2 is 1.90 bits per heavy atom. The smallest absolute Gasteiger partial charge is 0.134 e. The lowest BCUT2D eigenvalue weighted by molar-refractivity contribution is 0.134. The maximum atomic E-state index is 10.7. The van der Waals surface area contributed by atoms with Gasteiger partial charge in [0.1, 0.15) is 11.7 Å². The highest BCUT2D eigenvalue weighted by Crippen LogP contribution is 2.38. The van der Waals surface area contributed by atoms with E-state index in [2.05, 4.69) is 17.4 Å². The van der Waals surface area contributed by atoms with Crippen molar-refractivity contribution in [2.75, 3.05) is 0 Å². The molecule has 20 heavy (non-hydrogen) atoms. The molecule has 2 heterocycles. The van der Waals surface area contributed by atoms with Crippen molar-refractivity contribution in [3.8, 4) is 0 Å². The van der Waals surface area contributed by atoms with Gasteiger partial charge in [0, 0.05) is 17.5 Å². The molecule has 0 aliphatic carbocycles. The first-order valence-electron chi connectivity index (χ1n) is 6.80. The number of rotatable bonds is 2. The van der Waals surface area contributed by atoms with E-state index in [1.807, 2.05) is 36.4 Å². The minimum atomic E-state index is -0.609. The number of aliphatic hydroxyl groups is 1. The Hall–Kier alpha value is -2.10. The molecule has 1 aliphatic heterocycles. The third-order valence-corrected chi connectivity index (χ3v) is 4.05. The molecule has 0 saturated carbocycles. The Bertz CT molecular complexity index is 762. The second kappa shape index (κ2) is 4.47. The van der Waals surface area contributed by atoms with Gasteiger partial charge in [0.05, 0.1) is 12.3 Å². The average molecular weight is 265 g/mol. The first kappa shape index (κ1) is 11.7. The summed E-state index contributed by atoms with van der Waals surface area (Å²) in [6.45, 7) is 0.799. The summed E-state index contributed by atoms with van der Waals surface area (Å²) in [5.41, 5.74) is 4.08. The standard InChI is InChI=1S/C17H15NO2/c19-17(14-10-20-15-8-4-3-7-13(14)15)16-12-6-2-1-5-11(12)9-18-16/h1-8,10,16-19H,9H2. The zero-order valence-electron chi connectivity index (χ0n) is 10.9. The summed E-state index contributed by atoms with van der Waals surface area (Å²) in [6, 6.07) is 15.9. The lowest BCUT2D eigenvalue weighted by Gasteiger charge is -2.18. The van der Waals surface area contributed by atoms with E-state index in [4.69, 9.17) is 4.42 Å². The fraction of sp³-hybridized carbons (Fsp3) is 0.176. The molecule has 2 aromatic carbocycles. The Kier molecular flexibility index (Phi) is 2.62. The van der Waals surface area contributed by atoms with E-state index in [0.29, 0.717) is 0 Å². The van der Waals surface area contributed by atoms with Gasteiger partial charge >= 0.3 is 0 Å². The third kappa shape index (κ3) is 1.68.